The fraction of sp³-hybridized carbons (Fsp3) is 0.917. The van der Waals surface area contributed by atoms with E-state index >= 15 is 0 Å². The summed E-state index contributed by atoms with van der Waals surface area (Å²) in [6.07, 6.45) is 4.45. The van der Waals surface area contributed by atoms with Crippen molar-refractivity contribution < 1.29 is 4.79 Å². The second-order valence-corrected chi connectivity index (χ2v) is 4.52. The number of primary amides is 1. The van der Waals surface area contributed by atoms with Crippen LogP contribution in [0.3, 0.4) is 0 Å². The van der Waals surface area contributed by atoms with Crippen molar-refractivity contribution in [1.29, 1.82) is 0 Å². The summed E-state index contributed by atoms with van der Waals surface area (Å²) in [4.78, 5) is 13.7. The van der Waals surface area contributed by atoms with Crippen LogP contribution in [0.4, 0.5) is 0 Å². The average Bonchev–Trinajstić information content (AvgIpc) is 2.28. The van der Waals surface area contributed by atoms with Crippen LogP contribution in [0.15, 0.2) is 0 Å². The van der Waals surface area contributed by atoms with Crippen LogP contribution in [-0.2, 0) is 4.79 Å². The van der Waals surface area contributed by atoms with Crippen molar-refractivity contribution in [2.24, 2.45) is 5.73 Å². The normalized spacial score (nSPS) is 24.2. The van der Waals surface area contributed by atoms with Gasteiger partial charge in [-0.15, -0.1) is 0 Å². The van der Waals surface area contributed by atoms with Gasteiger partial charge in [-0.1, -0.05) is 20.3 Å². The van der Waals surface area contributed by atoms with Gasteiger partial charge < -0.3 is 11.1 Å². The van der Waals surface area contributed by atoms with Crippen LogP contribution in [0.25, 0.3) is 0 Å². The lowest BCUT2D eigenvalue weighted by atomic mass is 9.98. The zero-order chi connectivity index (χ0) is 12.0. The highest BCUT2D eigenvalue weighted by Crippen LogP contribution is 2.20. The third kappa shape index (κ3) is 3.46. The minimum absolute atomic E-state index is 0.0797. The highest BCUT2D eigenvalue weighted by Gasteiger charge is 2.30. The van der Waals surface area contributed by atoms with Crippen molar-refractivity contribution >= 4 is 5.91 Å². The van der Waals surface area contributed by atoms with Gasteiger partial charge in [0.2, 0.25) is 5.91 Å². The van der Waals surface area contributed by atoms with Gasteiger partial charge >= 0.3 is 0 Å². The molecule has 0 aliphatic carbocycles. The van der Waals surface area contributed by atoms with Crippen molar-refractivity contribution in [3.63, 3.8) is 0 Å². The van der Waals surface area contributed by atoms with Crippen LogP contribution >= 0.6 is 0 Å². The quantitative estimate of drug-likeness (QED) is 0.703. The minimum Gasteiger partial charge on any atom is -0.368 e. The van der Waals surface area contributed by atoms with Crippen LogP contribution < -0.4 is 11.1 Å². The molecule has 4 heteroatoms. The van der Waals surface area contributed by atoms with Gasteiger partial charge in [0, 0.05) is 12.6 Å². The molecule has 2 atom stereocenters. The Bertz CT molecular complexity index is 220. The lowest BCUT2D eigenvalue weighted by Gasteiger charge is -2.39. The van der Waals surface area contributed by atoms with Crippen molar-refractivity contribution in [2.75, 3.05) is 19.6 Å². The number of rotatable bonds is 6. The largest absolute Gasteiger partial charge is 0.368 e. The summed E-state index contributed by atoms with van der Waals surface area (Å²) in [5.41, 5.74) is 5.47. The van der Waals surface area contributed by atoms with E-state index in [-0.39, 0.29) is 11.9 Å². The molecule has 1 saturated heterocycles. The van der Waals surface area contributed by atoms with Crippen LogP contribution in [-0.4, -0.2) is 42.5 Å². The number of likely N-dealkylation sites (tertiary alicyclic amines) is 1. The highest BCUT2D eigenvalue weighted by molar-refractivity contribution is 5.79. The Kier molecular flexibility index (Phi) is 5.77. The number of hydrogen-bond donors (Lipinski definition) is 2. The molecule has 0 spiro atoms. The summed E-state index contributed by atoms with van der Waals surface area (Å²) in [7, 11) is 0. The van der Waals surface area contributed by atoms with E-state index in [1.165, 1.54) is 19.3 Å². The molecule has 0 saturated carbocycles. The Morgan fingerprint density at radius 3 is 2.81 bits per heavy atom. The fourth-order valence-corrected chi connectivity index (χ4v) is 2.56. The van der Waals surface area contributed by atoms with Gasteiger partial charge in [0.15, 0.2) is 0 Å². The molecule has 3 N–H and O–H groups in total. The number of nitrogens with one attached hydrogen (secondary N) is 1. The molecule has 16 heavy (non-hydrogen) atoms. The van der Waals surface area contributed by atoms with E-state index in [0.29, 0.717) is 6.04 Å². The third-order valence-corrected chi connectivity index (χ3v) is 3.42. The molecule has 0 radical (unpaired) electrons. The van der Waals surface area contributed by atoms with Gasteiger partial charge in [-0.05, 0) is 32.4 Å². The molecule has 1 amide bonds. The molecule has 2 unspecified atom stereocenters. The molecular weight excluding hydrogens is 202 g/mol. The van der Waals surface area contributed by atoms with Crippen molar-refractivity contribution in [3.05, 3.63) is 0 Å². The molecule has 1 aliphatic heterocycles. The first-order valence-corrected chi connectivity index (χ1v) is 6.46. The Morgan fingerprint density at radius 1 is 1.50 bits per heavy atom. The molecule has 1 rings (SSSR count). The number of nitrogens with zero attached hydrogens (tertiary/aromatic N) is 1. The van der Waals surface area contributed by atoms with Gasteiger partial charge in [-0.25, -0.2) is 0 Å². The van der Waals surface area contributed by atoms with E-state index < -0.39 is 0 Å². The smallest absolute Gasteiger partial charge is 0.234 e. The van der Waals surface area contributed by atoms with Crippen LogP contribution in [0, 0.1) is 0 Å². The average molecular weight is 227 g/mol. The standard InChI is InChI=1S/C12H25N3O/c1-3-11(12(13)16)15-8-6-5-7-10(15)9-14-4-2/h10-11,14H,3-9H2,1-2H3,(H2,13,16). The van der Waals surface area contributed by atoms with E-state index in [1.54, 1.807) is 0 Å². The molecule has 4 nitrogen and oxygen atoms in total. The predicted molar refractivity (Wildman–Crippen MR) is 66.2 cm³/mol. The number of likely N-dealkylation sites (N-methyl/N-ethyl adjacent to an activating group) is 1. The molecular formula is C12H25N3O. The van der Waals surface area contributed by atoms with Gasteiger partial charge in [-0.3, -0.25) is 9.69 Å². The van der Waals surface area contributed by atoms with Gasteiger partial charge in [-0.2, -0.15) is 0 Å². The second-order valence-electron chi connectivity index (χ2n) is 4.52. The summed E-state index contributed by atoms with van der Waals surface area (Å²) in [5, 5.41) is 3.37. The lowest BCUT2D eigenvalue weighted by Crippen LogP contribution is -2.54. The first-order valence-electron chi connectivity index (χ1n) is 6.46. The van der Waals surface area contributed by atoms with Crippen molar-refractivity contribution in [1.82, 2.24) is 10.2 Å². The second kappa shape index (κ2) is 6.86. The Hall–Kier alpha value is -0.610. The molecule has 0 aromatic rings. The number of amides is 1. The summed E-state index contributed by atoms with van der Waals surface area (Å²) in [6, 6.07) is 0.398. The molecule has 1 aliphatic rings. The van der Waals surface area contributed by atoms with E-state index in [2.05, 4.69) is 17.1 Å². The zero-order valence-electron chi connectivity index (χ0n) is 10.5. The Labute approximate surface area is 98.6 Å². The minimum atomic E-state index is -0.175. The lowest BCUT2D eigenvalue weighted by molar-refractivity contribution is -0.124. The van der Waals surface area contributed by atoms with Gasteiger partial charge in [0.1, 0.15) is 0 Å². The SMILES string of the molecule is CCNCC1CCCCN1C(CC)C(N)=O. The number of nitrogens with two attached hydrogens (primary N) is 1. The van der Waals surface area contributed by atoms with E-state index in [9.17, 15) is 4.79 Å². The fourth-order valence-electron chi connectivity index (χ4n) is 2.56. The summed E-state index contributed by atoms with van der Waals surface area (Å²) < 4.78 is 0. The van der Waals surface area contributed by atoms with E-state index in [1.807, 2.05) is 6.92 Å². The number of carbonyl (C=O) groups is 1. The van der Waals surface area contributed by atoms with Crippen LogP contribution in [0.5, 0.6) is 0 Å². The van der Waals surface area contributed by atoms with Crippen LogP contribution in [0.2, 0.25) is 0 Å². The molecule has 1 heterocycles. The Balaban J connectivity index is 2.60. The maximum Gasteiger partial charge on any atom is 0.234 e. The van der Waals surface area contributed by atoms with Gasteiger partial charge in [0.05, 0.1) is 6.04 Å². The maximum absolute atomic E-state index is 11.4. The van der Waals surface area contributed by atoms with Gasteiger partial charge in [0.25, 0.3) is 0 Å². The van der Waals surface area contributed by atoms with Crippen LogP contribution in [0.1, 0.15) is 39.5 Å². The van der Waals surface area contributed by atoms with Crippen molar-refractivity contribution in [2.45, 2.75) is 51.6 Å². The summed E-state index contributed by atoms with van der Waals surface area (Å²) in [6.45, 7) is 7.11. The molecule has 94 valence electrons. The maximum atomic E-state index is 11.4. The molecule has 0 bridgehead atoms. The molecule has 0 aromatic carbocycles. The van der Waals surface area contributed by atoms with E-state index in [4.69, 9.17) is 5.73 Å². The highest BCUT2D eigenvalue weighted by atomic mass is 16.1. The number of hydrogen-bond acceptors (Lipinski definition) is 3. The zero-order valence-corrected chi connectivity index (χ0v) is 10.5. The third-order valence-electron chi connectivity index (χ3n) is 3.42. The number of carbonyl (C=O) groups excluding carboxylic acids is 1. The summed E-state index contributed by atoms with van der Waals surface area (Å²) in [5.74, 6) is -0.175. The topological polar surface area (TPSA) is 58.4 Å². The monoisotopic (exact) mass is 227 g/mol. The van der Waals surface area contributed by atoms with E-state index in [0.717, 1.165) is 26.1 Å². The molecule has 1 fully saturated rings. The number of piperidine rings is 1. The Morgan fingerprint density at radius 2 is 2.25 bits per heavy atom. The molecule has 0 aromatic heterocycles. The first kappa shape index (κ1) is 13.5. The summed E-state index contributed by atoms with van der Waals surface area (Å²) >= 11 is 0. The van der Waals surface area contributed by atoms with Crippen molar-refractivity contribution in [3.8, 4) is 0 Å². The predicted octanol–water partition coefficient (Wildman–Crippen LogP) is 0.714. The first-order chi connectivity index (χ1) is 7.70.